The summed E-state index contributed by atoms with van der Waals surface area (Å²) in [4.78, 5) is 28.4. The maximum absolute atomic E-state index is 13.6. The van der Waals surface area contributed by atoms with Crippen LogP contribution in [0.1, 0.15) is 33.9 Å². The number of hydrogen-bond donors (Lipinski definition) is 2. The van der Waals surface area contributed by atoms with E-state index >= 15 is 0 Å². The van der Waals surface area contributed by atoms with Crippen molar-refractivity contribution < 1.29 is 24.5 Å². The van der Waals surface area contributed by atoms with Crippen LogP contribution >= 0.6 is 50.6 Å². The summed E-state index contributed by atoms with van der Waals surface area (Å²) in [6.07, 6.45) is 0. The largest absolute Gasteiger partial charge is 0.507 e. The number of aryl methyl sites for hydroxylation is 2. The van der Waals surface area contributed by atoms with Gasteiger partial charge < -0.3 is 14.9 Å². The van der Waals surface area contributed by atoms with E-state index in [-0.39, 0.29) is 32.4 Å². The maximum Gasteiger partial charge on any atom is 0.301 e. The number of aromatic nitrogens is 2. The lowest BCUT2D eigenvalue weighted by molar-refractivity contribution is -0.132. The van der Waals surface area contributed by atoms with Gasteiger partial charge in [0.2, 0.25) is 5.13 Å². The second kappa shape index (κ2) is 11.8. The highest BCUT2D eigenvalue weighted by Crippen LogP contribution is 2.47. The van der Waals surface area contributed by atoms with Crippen molar-refractivity contribution in [2.45, 2.75) is 30.0 Å². The van der Waals surface area contributed by atoms with E-state index in [0.717, 1.165) is 28.0 Å². The second-order valence-electron chi connectivity index (χ2n) is 9.27. The molecule has 1 fully saturated rings. The minimum Gasteiger partial charge on any atom is -0.507 e. The zero-order valence-electron chi connectivity index (χ0n) is 22.0. The minimum absolute atomic E-state index is 0.108. The first kappa shape index (κ1) is 29.1. The number of amides is 1. The number of aliphatic hydroxyl groups excluding tert-OH is 1. The number of anilines is 1. The van der Waals surface area contributed by atoms with Crippen molar-refractivity contribution in [2.24, 2.45) is 0 Å². The number of ether oxygens (including phenoxy) is 1. The van der Waals surface area contributed by atoms with Gasteiger partial charge in [-0.15, -0.1) is 10.2 Å². The Labute approximate surface area is 257 Å². The summed E-state index contributed by atoms with van der Waals surface area (Å²) in [6.45, 7) is 3.68. The van der Waals surface area contributed by atoms with Gasteiger partial charge in [0, 0.05) is 16.3 Å². The molecule has 1 amide bonds. The van der Waals surface area contributed by atoms with E-state index in [1.807, 2.05) is 50.2 Å². The van der Waals surface area contributed by atoms with Gasteiger partial charge in [0.25, 0.3) is 5.78 Å². The van der Waals surface area contributed by atoms with E-state index in [1.54, 1.807) is 12.1 Å². The zero-order valence-corrected chi connectivity index (χ0v) is 26.0. The molecule has 1 aromatic heterocycles. The van der Waals surface area contributed by atoms with Crippen LogP contribution in [0.5, 0.6) is 11.5 Å². The number of aromatic hydroxyl groups is 1. The van der Waals surface area contributed by atoms with E-state index in [0.29, 0.717) is 26.2 Å². The molecular weight excluding hydrogens is 650 g/mol. The van der Waals surface area contributed by atoms with Gasteiger partial charge in [-0.05, 0) is 70.7 Å². The molecule has 2 heterocycles. The van der Waals surface area contributed by atoms with Crippen LogP contribution in [0.2, 0.25) is 5.02 Å². The first-order valence-corrected chi connectivity index (χ1v) is 15.2. The molecule has 0 aliphatic carbocycles. The van der Waals surface area contributed by atoms with Crippen molar-refractivity contribution in [2.75, 3.05) is 12.0 Å². The number of phenolic OH excluding ortho intramolecular Hbond substituents is 1. The summed E-state index contributed by atoms with van der Waals surface area (Å²) in [7, 11) is 1.39. The van der Waals surface area contributed by atoms with Crippen LogP contribution in [0.15, 0.2) is 69.0 Å². The lowest BCUT2D eigenvalue weighted by Crippen LogP contribution is -2.29. The fourth-order valence-electron chi connectivity index (χ4n) is 4.50. The molecule has 1 saturated heterocycles. The van der Waals surface area contributed by atoms with Crippen LogP contribution in [0, 0.1) is 13.8 Å². The van der Waals surface area contributed by atoms with Crippen molar-refractivity contribution in [3.8, 4) is 11.5 Å². The molecule has 0 saturated carbocycles. The molecule has 2 N–H and O–H groups in total. The van der Waals surface area contributed by atoms with Gasteiger partial charge in [-0.25, -0.2) is 0 Å². The Morgan fingerprint density at radius 1 is 1.15 bits per heavy atom. The van der Waals surface area contributed by atoms with Crippen LogP contribution in [-0.4, -0.2) is 39.2 Å². The number of methoxy groups -OCH3 is 1. The number of Topliss-reactive ketones (excluding diaryl/α,β-unsaturated/α-hetero) is 1. The molecule has 12 heteroatoms. The number of carbonyl (C=O) groups is 2. The summed E-state index contributed by atoms with van der Waals surface area (Å²) in [5.74, 6) is -1.51. The van der Waals surface area contributed by atoms with Crippen molar-refractivity contribution in [3.63, 3.8) is 0 Å². The third-order valence-corrected chi connectivity index (χ3v) is 9.67. The number of aliphatic hydroxyl groups is 1. The van der Waals surface area contributed by atoms with E-state index in [4.69, 9.17) is 16.3 Å². The minimum atomic E-state index is -1.07. The van der Waals surface area contributed by atoms with E-state index < -0.39 is 17.7 Å². The van der Waals surface area contributed by atoms with Crippen molar-refractivity contribution in [3.05, 3.63) is 97.5 Å². The number of nitrogens with zero attached hydrogens (tertiary/aromatic N) is 3. The lowest BCUT2D eigenvalue weighted by Gasteiger charge is -2.23. The van der Waals surface area contributed by atoms with Crippen LogP contribution in [0.3, 0.4) is 0 Å². The number of carbonyl (C=O) groups excluding carboxylic acids is 2. The van der Waals surface area contributed by atoms with Gasteiger partial charge in [-0.2, -0.15) is 0 Å². The molecule has 1 atom stereocenters. The monoisotopic (exact) mass is 671 g/mol. The highest BCUT2D eigenvalue weighted by atomic mass is 79.9. The summed E-state index contributed by atoms with van der Waals surface area (Å²) in [6, 6.07) is 15.0. The standard InChI is InChI=1S/C29H23BrClN3O5S2/c1-14-8-9-15(2)18(10-14)24(35)22-23(17-11-19(30)25(36)21(12-17)39-3)34(27(38)26(22)37)28-32-33-29(41-28)40-13-16-6-4-5-7-20(16)31/h4-12,23,35-36H,13H2,1-3H3. The van der Waals surface area contributed by atoms with Gasteiger partial charge in [-0.1, -0.05) is 70.6 Å². The van der Waals surface area contributed by atoms with Gasteiger partial charge in [0.1, 0.15) is 5.76 Å². The molecule has 41 heavy (non-hydrogen) atoms. The average molecular weight is 673 g/mol. The summed E-state index contributed by atoms with van der Waals surface area (Å²) in [5, 5.41) is 31.3. The predicted octanol–water partition coefficient (Wildman–Crippen LogP) is 7.20. The third kappa shape index (κ3) is 5.59. The van der Waals surface area contributed by atoms with Gasteiger partial charge in [-0.3, -0.25) is 14.5 Å². The predicted molar refractivity (Wildman–Crippen MR) is 164 cm³/mol. The molecule has 1 aliphatic heterocycles. The van der Waals surface area contributed by atoms with Crippen molar-refractivity contribution in [1.29, 1.82) is 0 Å². The summed E-state index contributed by atoms with van der Waals surface area (Å²) in [5.41, 5.74) is 3.27. The molecule has 4 aromatic rings. The fourth-order valence-corrected chi connectivity index (χ4v) is 7.11. The molecule has 0 spiro atoms. The normalized spacial score (nSPS) is 16.4. The maximum atomic E-state index is 13.6. The molecule has 8 nitrogen and oxygen atoms in total. The van der Waals surface area contributed by atoms with Crippen molar-refractivity contribution >= 4 is 73.2 Å². The average Bonchev–Trinajstić information content (AvgIpc) is 3.52. The quantitative estimate of drug-likeness (QED) is 0.0697. The van der Waals surface area contributed by atoms with Crippen LogP contribution in [0.4, 0.5) is 5.13 Å². The number of rotatable bonds is 7. The van der Waals surface area contributed by atoms with E-state index in [2.05, 4.69) is 26.1 Å². The Morgan fingerprint density at radius 3 is 2.63 bits per heavy atom. The molecule has 0 bridgehead atoms. The Balaban J connectivity index is 1.63. The third-order valence-electron chi connectivity index (χ3n) is 6.59. The molecule has 0 radical (unpaired) electrons. The van der Waals surface area contributed by atoms with Crippen molar-refractivity contribution in [1.82, 2.24) is 10.2 Å². The van der Waals surface area contributed by atoms with E-state index in [1.165, 1.54) is 29.8 Å². The molecule has 1 unspecified atom stereocenters. The first-order chi connectivity index (χ1) is 19.6. The smallest absolute Gasteiger partial charge is 0.301 e. The second-order valence-corrected chi connectivity index (χ2v) is 12.7. The molecule has 210 valence electrons. The summed E-state index contributed by atoms with van der Waals surface area (Å²) < 4.78 is 6.20. The number of thioether (sulfide) groups is 1. The Morgan fingerprint density at radius 2 is 1.90 bits per heavy atom. The number of hydrogen-bond acceptors (Lipinski definition) is 9. The van der Waals surface area contributed by atoms with Crippen LogP contribution in [0.25, 0.3) is 5.76 Å². The zero-order chi connectivity index (χ0) is 29.4. The number of halogens is 2. The number of phenols is 1. The van der Waals surface area contributed by atoms with Crippen LogP contribution in [-0.2, 0) is 15.3 Å². The fraction of sp³-hybridized carbons (Fsp3) is 0.172. The topological polar surface area (TPSA) is 113 Å². The molecule has 5 rings (SSSR count). The first-order valence-electron chi connectivity index (χ1n) is 12.3. The SMILES string of the molecule is COc1cc(C2C(=C(O)c3cc(C)ccc3C)C(=O)C(=O)N2c2nnc(SCc3ccccc3Cl)s2)cc(Br)c1O. The number of benzene rings is 3. The van der Waals surface area contributed by atoms with Gasteiger partial charge >= 0.3 is 5.91 Å². The van der Waals surface area contributed by atoms with Crippen LogP contribution < -0.4 is 9.64 Å². The lowest BCUT2D eigenvalue weighted by atomic mass is 9.93. The van der Waals surface area contributed by atoms with E-state index in [9.17, 15) is 19.8 Å². The highest BCUT2D eigenvalue weighted by molar-refractivity contribution is 9.10. The Kier molecular flexibility index (Phi) is 8.42. The molecule has 3 aromatic carbocycles. The number of ketones is 1. The molecular formula is C29H23BrClN3O5S2. The highest BCUT2D eigenvalue weighted by Gasteiger charge is 2.49. The van der Waals surface area contributed by atoms with Gasteiger partial charge in [0.15, 0.2) is 15.8 Å². The Hall–Kier alpha value is -3.38. The van der Waals surface area contributed by atoms with Gasteiger partial charge in [0.05, 0.1) is 23.2 Å². The Bertz CT molecular complexity index is 1720. The summed E-state index contributed by atoms with van der Waals surface area (Å²) >= 11 is 12.2. The molecule has 1 aliphatic rings.